The van der Waals surface area contributed by atoms with Gasteiger partial charge in [-0.3, -0.25) is 14.8 Å². The van der Waals surface area contributed by atoms with Crippen molar-refractivity contribution >= 4 is 33.6 Å². The average Bonchev–Trinajstić information content (AvgIpc) is 2.72. The van der Waals surface area contributed by atoms with E-state index in [0.29, 0.717) is 18.5 Å². The first-order chi connectivity index (χ1) is 14.6. The van der Waals surface area contributed by atoms with Crippen LogP contribution >= 0.6 is 0 Å². The molecule has 3 amide bonds. The van der Waals surface area contributed by atoms with Gasteiger partial charge in [-0.05, 0) is 61.7 Å². The van der Waals surface area contributed by atoms with Gasteiger partial charge in [-0.2, -0.15) is 0 Å². The molecule has 2 aromatic rings. The molecule has 9 nitrogen and oxygen atoms in total. The minimum atomic E-state index is -3.80. The molecule has 3 N–H and O–H groups in total. The summed E-state index contributed by atoms with van der Waals surface area (Å²) in [7, 11) is -3.80. The predicted octanol–water partition coefficient (Wildman–Crippen LogP) is 2.50. The van der Waals surface area contributed by atoms with Gasteiger partial charge in [-0.25, -0.2) is 18.0 Å². The molecule has 0 radical (unpaired) electrons. The topological polar surface area (TPSA) is 131 Å². The lowest BCUT2D eigenvalue weighted by molar-refractivity contribution is -0.123. The van der Waals surface area contributed by atoms with Crippen LogP contribution in [0.1, 0.15) is 34.8 Å². The largest absolute Gasteiger partial charge is 0.452 e. The Bertz CT molecular complexity index is 1070. The number of hydrogen-bond donors (Lipinski definition) is 3. The van der Waals surface area contributed by atoms with E-state index in [-0.39, 0.29) is 16.1 Å². The summed E-state index contributed by atoms with van der Waals surface area (Å²) in [6, 6.07) is 10.0. The van der Waals surface area contributed by atoms with Crippen LogP contribution in [0, 0.1) is 13.8 Å². The summed E-state index contributed by atoms with van der Waals surface area (Å²) in [5.74, 6) is -1.55. The van der Waals surface area contributed by atoms with E-state index in [1.807, 2.05) is 18.3 Å². The third-order valence-electron chi connectivity index (χ3n) is 4.13. The van der Waals surface area contributed by atoms with Crippen LogP contribution in [0.5, 0.6) is 0 Å². The molecule has 0 atom stereocenters. The van der Waals surface area contributed by atoms with Gasteiger partial charge in [0.05, 0.1) is 10.5 Å². The second-order valence-corrected chi connectivity index (χ2v) is 8.48. The molecule has 31 heavy (non-hydrogen) atoms. The number of urea groups is 1. The van der Waals surface area contributed by atoms with Crippen molar-refractivity contribution in [2.45, 2.75) is 32.1 Å². The highest BCUT2D eigenvalue weighted by Crippen LogP contribution is 2.21. The Labute approximate surface area is 181 Å². The van der Waals surface area contributed by atoms with E-state index in [1.54, 1.807) is 26.0 Å². The predicted molar refractivity (Wildman–Crippen MR) is 115 cm³/mol. The van der Waals surface area contributed by atoms with Crippen LogP contribution in [0.4, 0.5) is 10.5 Å². The van der Waals surface area contributed by atoms with Gasteiger partial charge in [0.2, 0.25) is 0 Å². The molecule has 2 aromatic carbocycles. The first-order valence-electron chi connectivity index (χ1n) is 9.57. The number of ether oxygens (including phenoxy) is 1. The maximum atomic E-state index is 12.6. The third kappa shape index (κ3) is 7.10. The van der Waals surface area contributed by atoms with Gasteiger partial charge < -0.3 is 10.1 Å². The average molecular weight is 448 g/mol. The summed E-state index contributed by atoms with van der Waals surface area (Å²) in [5, 5.41) is 4.50. The molecule has 0 unspecified atom stereocenters. The van der Waals surface area contributed by atoms with Crippen molar-refractivity contribution in [3.8, 4) is 0 Å². The highest BCUT2D eigenvalue weighted by molar-refractivity contribution is 7.92. The first kappa shape index (κ1) is 23.9. The number of carbonyl (C=O) groups excluding carboxylic acids is 3. The highest BCUT2D eigenvalue weighted by Gasteiger charge is 2.18. The highest BCUT2D eigenvalue weighted by atomic mass is 32.2. The summed E-state index contributed by atoms with van der Waals surface area (Å²) >= 11 is 0. The quantitative estimate of drug-likeness (QED) is 0.533. The zero-order valence-corrected chi connectivity index (χ0v) is 18.3. The fourth-order valence-corrected chi connectivity index (χ4v) is 3.93. The molecule has 10 heteroatoms. The van der Waals surface area contributed by atoms with Gasteiger partial charge in [-0.15, -0.1) is 0 Å². The van der Waals surface area contributed by atoms with E-state index in [1.165, 1.54) is 24.3 Å². The fourth-order valence-electron chi connectivity index (χ4n) is 2.54. The molecule has 0 fully saturated rings. The molecular formula is C21H25N3O6S. The number of aryl methyl sites for hydroxylation is 2. The molecule has 0 bridgehead atoms. The van der Waals surface area contributed by atoms with Gasteiger partial charge in [0.1, 0.15) is 0 Å². The van der Waals surface area contributed by atoms with E-state index in [2.05, 4.69) is 10.0 Å². The summed E-state index contributed by atoms with van der Waals surface area (Å²) < 4.78 is 32.6. The first-order valence-corrected chi connectivity index (χ1v) is 11.1. The second kappa shape index (κ2) is 10.6. The molecular weight excluding hydrogens is 422 g/mol. The second-order valence-electron chi connectivity index (χ2n) is 6.83. The minimum Gasteiger partial charge on any atom is -0.452 e. The number of hydrogen-bond acceptors (Lipinski definition) is 6. The van der Waals surface area contributed by atoms with Gasteiger partial charge >= 0.3 is 12.0 Å². The maximum Gasteiger partial charge on any atom is 0.338 e. The van der Waals surface area contributed by atoms with Crippen molar-refractivity contribution in [1.82, 2.24) is 10.6 Å². The fraction of sp³-hybridized carbons (Fsp3) is 0.286. The van der Waals surface area contributed by atoms with Crippen molar-refractivity contribution in [3.63, 3.8) is 0 Å². The lowest BCUT2D eigenvalue weighted by atomic mass is 10.2. The Morgan fingerprint density at radius 2 is 1.68 bits per heavy atom. The number of carbonyl (C=O) groups is 3. The molecule has 0 saturated carbocycles. The Kier molecular flexibility index (Phi) is 8.14. The van der Waals surface area contributed by atoms with Crippen molar-refractivity contribution in [1.29, 1.82) is 0 Å². The van der Waals surface area contributed by atoms with Crippen molar-refractivity contribution in [2.24, 2.45) is 0 Å². The Hall–Kier alpha value is -3.40. The van der Waals surface area contributed by atoms with Gasteiger partial charge in [0.15, 0.2) is 6.61 Å². The third-order valence-corrected chi connectivity index (χ3v) is 5.65. The van der Waals surface area contributed by atoms with Crippen LogP contribution in [0.3, 0.4) is 0 Å². The van der Waals surface area contributed by atoms with E-state index >= 15 is 0 Å². The number of imide groups is 1. The zero-order valence-electron chi connectivity index (χ0n) is 17.5. The Morgan fingerprint density at radius 1 is 1.00 bits per heavy atom. The smallest absolute Gasteiger partial charge is 0.338 e. The molecule has 0 aliphatic carbocycles. The van der Waals surface area contributed by atoms with E-state index in [0.717, 1.165) is 5.56 Å². The molecule has 0 aliphatic heterocycles. The SMILES string of the molecule is CCCNC(=O)NC(=O)COC(=O)c1ccc(NS(=O)(=O)c2cc(C)ccc2C)cc1. The summed E-state index contributed by atoms with van der Waals surface area (Å²) in [6.45, 7) is 5.16. The molecule has 166 valence electrons. The molecule has 0 aliphatic rings. The molecule has 0 saturated heterocycles. The van der Waals surface area contributed by atoms with Gasteiger partial charge in [0, 0.05) is 12.2 Å². The zero-order chi connectivity index (χ0) is 23.0. The monoisotopic (exact) mass is 447 g/mol. The number of amides is 3. The molecule has 0 heterocycles. The summed E-state index contributed by atoms with van der Waals surface area (Å²) in [5.41, 5.74) is 1.82. The van der Waals surface area contributed by atoms with Crippen LogP contribution in [-0.2, 0) is 19.6 Å². The number of esters is 1. The molecule has 2 rings (SSSR count). The maximum absolute atomic E-state index is 12.6. The number of rotatable bonds is 8. The van der Waals surface area contributed by atoms with Crippen LogP contribution in [-0.4, -0.2) is 39.5 Å². The molecule has 0 aromatic heterocycles. The Morgan fingerprint density at radius 3 is 2.32 bits per heavy atom. The van der Waals surface area contributed by atoms with Gasteiger partial charge in [-0.1, -0.05) is 19.1 Å². The van der Waals surface area contributed by atoms with E-state index < -0.39 is 34.5 Å². The van der Waals surface area contributed by atoms with Crippen molar-refractivity contribution in [3.05, 3.63) is 59.2 Å². The van der Waals surface area contributed by atoms with Crippen molar-refractivity contribution < 1.29 is 27.5 Å². The van der Waals surface area contributed by atoms with Crippen LogP contribution in [0.25, 0.3) is 0 Å². The van der Waals surface area contributed by atoms with Gasteiger partial charge in [0.25, 0.3) is 15.9 Å². The van der Waals surface area contributed by atoms with E-state index in [9.17, 15) is 22.8 Å². The number of nitrogens with one attached hydrogen (secondary N) is 3. The van der Waals surface area contributed by atoms with E-state index in [4.69, 9.17) is 4.74 Å². The standard InChI is InChI=1S/C21H25N3O6S/c1-4-11-22-21(27)23-19(25)13-30-20(26)16-7-9-17(10-8-16)24-31(28,29)18-12-14(2)5-6-15(18)3/h5-10,12,24H,4,11,13H2,1-3H3,(H2,22,23,25,27). The molecule has 0 spiro atoms. The van der Waals surface area contributed by atoms with Crippen LogP contribution in [0.15, 0.2) is 47.4 Å². The summed E-state index contributed by atoms with van der Waals surface area (Å²) in [6.07, 6.45) is 0.716. The minimum absolute atomic E-state index is 0.123. The van der Waals surface area contributed by atoms with Crippen LogP contribution < -0.4 is 15.4 Å². The number of sulfonamides is 1. The van der Waals surface area contributed by atoms with Crippen LogP contribution in [0.2, 0.25) is 0 Å². The number of anilines is 1. The number of benzene rings is 2. The lowest BCUT2D eigenvalue weighted by Gasteiger charge is -2.11. The van der Waals surface area contributed by atoms with Crippen molar-refractivity contribution in [2.75, 3.05) is 17.9 Å². The normalized spacial score (nSPS) is 10.8. The summed E-state index contributed by atoms with van der Waals surface area (Å²) in [4.78, 5) is 35.2. The lowest BCUT2D eigenvalue weighted by Crippen LogP contribution is -2.41. The Balaban J connectivity index is 1.95.